The largest absolute Gasteiger partial charge is 0.508 e. The first-order valence-electron chi connectivity index (χ1n) is 37.8. The number of phenolic OH excluding ortho intramolecular Hbond substituents is 3. The van der Waals surface area contributed by atoms with Crippen LogP contribution in [0.15, 0.2) is 138 Å². The Morgan fingerprint density at radius 3 is 1.85 bits per heavy atom. The van der Waals surface area contributed by atoms with Gasteiger partial charge < -0.3 is 123 Å². The molecule has 0 radical (unpaired) electrons. The summed E-state index contributed by atoms with van der Waals surface area (Å²) in [5, 5.41) is 127. The first-order valence-corrected chi connectivity index (χ1v) is 39.9. The summed E-state index contributed by atoms with van der Waals surface area (Å²) in [5.41, 5.74) is 7.89. The average molecular weight is 1710 g/mol. The van der Waals surface area contributed by atoms with Gasteiger partial charge in [-0.3, -0.25) is 37.7 Å². The van der Waals surface area contributed by atoms with Crippen molar-refractivity contribution in [2.45, 2.75) is 161 Å². The molecule has 18 atom stereocenters. The second-order valence-corrected chi connectivity index (χ2v) is 33.2. The molecule has 0 saturated carbocycles. The molecule has 7 aliphatic heterocycles. The van der Waals surface area contributed by atoms with Crippen LogP contribution in [-0.4, -0.2) is 194 Å². The number of benzene rings is 9. The Morgan fingerprint density at radius 1 is 0.658 bits per heavy atom. The smallest absolute Gasteiger partial charge is 0.330 e. The van der Waals surface area contributed by atoms with Crippen molar-refractivity contribution in [2.24, 2.45) is 17.4 Å². The zero-order valence-electron chi connectivity index (χ0n) is 64.2. The molecule has 2 fully saturated rings. The quantitative estimate of drug-likeness (QED) is 0.0470. The van der Waals surface area contributed by atoms with E-state index in [1.165, 1.54) is 45.2 Å². The predicted molar refractivity (Wildman–Crippen MR) is 425 cm³/mol. The van der Waals surface area contributed by atoms with Crippen molar-refractivity contribution < 1.29 is 125 Å². The molecule has 0 aromatic heterocycles. The Kier molecular flexibility index (Phi) is 23.9. The summed E-state index contributed by atoms with van der Waals surface area (Å²) in [6.45, 7) is 5.48. The van der Waals surface area contributed by atoms with E-state index < -0.39 is 258 Å². The van der Waals surface area contributed by atoms with E-state index in [2.05, 4.69) is 37.2 Å². The lowest BCUT2D eigenvalue weighted by atomic mass is 9.86. The second kappa shape index (κ2) is 33.7. The maximum absolute atomic E-state index is 16.3. The predicted octanol–water partition coefficient (Wildman–Crippen LogP) is 4.42. The van der Waals surface area contributed by atoms with Crippen LogP contribution in [0.4, 0.5) is 0 Å². The van der Waals surface area contributed by atoms with Crippen molar-refractivity contribution >= 4 is 113 Å². The molecule has 38 heteroatoms. The average Bonchev–Trinajstić information content (AvgIpc) is 0.736. The lowest BCUT2D eigenvalue weighted by Gasteiger charge is -2.47. The van der Waals surface area contributed by atoms with Gasteiger partial charge in [-0.15, -0.1) is 0 Å². The minimum atomic E-state index is -4.87. The van der Waals surface area contributed by atoms with Gasteiger partial charge in [0.25, 0.3) is 10.1 Å². The number of amides is 7. The highest BCUT2D eigenvalue weighted by molar-refractivity contribution is 7.86. The molecule has 632 valence electrons. The SMILES string of the molecule is CN[C@H](CC(C)C)C(=O)N[C@H]1C(=O)N[C@@H](CC(N)=O)C(=O)NC2C(=O)N[C@H]3C(=O)NC(C(=O)N[C@H](C(=O)O)c4cc(O)cc(O)c4-c4cc3ccc4O)[C@H](O)c3ccc(c(Cl)c3)Oc3cc2cc(c3O[C@@H]2O[C@H](COS(=O)(=O)c3cc4ccc5cccc6ccc(c3)c4c56)[C@@H](O)[C@H](O)[C@H]2O[C@H]2C[C@](C)(N)[C@H](O)[C@H](C)O2)Oc2ccc(cc2Cl)[C@H]1O. The van der Waals surface area contributed by atoms with Crippen molar-refractivity contribution in [1.29, 1.82) is 0 Å². The zero-order valence-corrected chi connectivity index (χ0v) is 66.5. The fraction of sp³-hybridized carbons (Fsp3) is 0.341. The number of halogens is 2. The van der Waals surface area contributed by atoms with Crippen molar-refractivity contribution in [2.75, 3.05) is 13.7 Å². The van der Waals surface area contributed by atoms with E-state index in [1.54, 1.807) is 12.1 Å². The number of fused-ring (bicyclic) bond motifs is 15. The van der Waals surface area contributed by atoms with Gasteiger partial charge in [-0.1, -0.05) is 97.7 Å². The number of primary amides is 1. The fourth-order valence-electron chi connectivity index (χ4n) is 15.6. The Balaban J connectivity index is 0.969. The topological polar surface area (TPSA) is 554 Å². The first kappa shape index (κ1) is 85.1. The summed E-state index contributed by atoms with van der Waals surface area (Å²) in [6.07, 6.45) is -20.2. The van der Waals surface area contributed by atoms with Crippen molar-refractivity contribution in [3.63, 3.8) is 0 Å². The number of aliphatic hydroxyl groups excluding tert-OH is 5. The highest BCUT2D eigenvalue weighted by Crippen LogP contribution is 2.51. The van der Waals surface area contributed by atoms with E-state index in [9.17, 15) is 68.8 Å². The van der Waals surface area contributed by atoms with Crippen LogP contribution < -0.4 is 62.9 Å². The number of aliphatic hydroxyl groups is 5. The number of hydrogen-bond acceptors (Lipinski definition) is 27. The summed E-state index contributed by atoms with van der Waals surface area (Å²) >= 11 is 14.4. The molecule has 120 heavy (non-hydrogen) atoms. The molecule has 7 heterocycles. The van der Waals surface area contributed by atoms with Crippen LogP contribution in [0.2, 0.25) is 10.0 Å². The molecule has 7 amide bonds. The van der Waals surface area contributed by atoms with Crippen LogP contribution in [0.1, 0.15) is 105 Å². The second-order valence-electron chi connectivity index (χ2n) is 30.7. The molecule has 20 N–H and O–H groups in total. The molecule has 16 rings (SSSR count). The van der Waals surface area contributed by atoms with Crippen molar-refractivity contribution in [3.8, 4) is 57.1 Å². The molecule has 0 aliphatic carbocycles. The number of nitrogens with two attached hydrogens (primary N) is 2. The lowest BCUT2D eigenvalue weighted by molar-refractivity contribution is -0.333. The molecular formula is C82H83Cl2N9O26S. The number of hydrogen-bond donors (Lipinski definition) is 18. The zero-order chi connectivity index (χ0) is 86.2. The minimum absolute atomic E-state index is 0.127. The standard InChI is InChI=1S/C82H83Cl2N9O26S/c1-32(2)19-48(87-5)74(103)92-65-67(98)39-14-17-52(46(83)23-39)115-54-25-41-26-55(71(54)119-81-72(118-58-30-82(4,86)73(102)33(3)114-58)70(101)69(100)56(117-81)31-113-120(111,112)43-20-36-11-9-34-7-6-8-35-10-12-37(21-43)60(36)59(34)35)116-53-18-15-40(24-47(53)84)68(99)66-79(108)91-64(80(109)110)45-27-42(94)28-51(96)61(45)44-22-38(13-16-50(44)95)62(76(105)93-66)90-77(106)63(41)89-75(104)49(29-57(85)97)88-78(65)107/h6-18,20-28,32-33,48-49,56,58,62-70,72-73,81,87,94-96,98-102H,19,29-31,86H2,1-5H3,(H2,85,97)(H,88,107)(H,89,104)(H,90,106)(H,91,108)(H,92,103)(H,93,105)(H,109,110)/t33-,48+,49-,56+,58-,62+,63?,64-,65+,66?,67+,68+,69+,70-,72+,73+,81-,82-/m0/s1. The van der Waals surface area contributed by atoms with E-state index in [1.807, 2.05) is 44.2 Å². The van der Waals surface area contributed by atoms with Gasteiger partial charge in [0.15, 0.2) is 29.9 Å². The Hall–Kier alpha value is -11.3. The summed E-state index contributed by atoms with van der Waals surface area (Å²) in [7, 11) is -3.40. The number of likely N-dealkylation sites (N-methyl/N-ethyl adjacent to an activating group) is 1. The van der Waals surface area contributed by atoms with Gasteiger partial charge in [0.1, 0.15) is 89.5 Å². The third kappa shape index (κ3) is 17.0. The molecule has 0 spiro atoms. The van der Waals surface area contributed by atoms with Crippen LogP contribution in [0, 0.1) is 5.92 Å². The summed E-state index contributed by atoms with van der Waals surface area (Å²) in [4.78, 5) is 118. The number of carboxylic acids is 1. The molecule has 35 nitrogen and oxygen atoms in total. The number of ether oxygens (including phenoxy) is 6. The molecule has 2 saturated heterocycles. The Morgan fingerprint density at radius 2 is 1.25 bits per heavy atom. The van der Waals surface area contributed by atoms with Gasteiger partial charge in [0.2, 0.25) is 53.4 Å². The van der Waals surface area contributed by atoms with Crippen LogP contribution >= 0.6 is 23.2 Å². The highest BCUT2D eigenvalue weighted by atomic mass is 35.5. The van der Waals surface area contributed by atoms with Crippen LogP contribution in [0.5, 0.6) is 46.0 Å². The van der Waals surface area contributed by atoms with Gasteiger partial charge in [-0.25, -0.2) is 4.79 Å². The van der Waals surface area contributed by atoms with Crippen molar-refractivity contribution in [1.82, 2.24) is 37.2 Å². The van der Waals surface area contributed by atoms with Crippen LogP contribution in [0.3, 0.4) is 0 Å². The number of aromatic hydroxyl groups is 3. The number of carbonyl (C=O) groups excluding carboxylic acids is 7. The third-order valence-corrected chi connectivity index (χ3v) is 23.6. The first-order chi connectivity index (χ1) is 56.8. The fourth-order valence-corrected chi connectivity index (χ4v) is 17.0. The maximum atomic E-state index is 16.3. The van der Waals surface area contributed by atoms with Crippen LogP contribution in [0.25, 0.3) is 43.4 Å². The van der Waals surface area contributed by atoms with E-state index in [-0.39, 0.29) is 40.3 Å². The number of phenols is 3. The third-order valence-electron chi connectivity index (χ3n) is 21.7. The number of rotatable bonds is 16. The molecule has 11 bridgehead atoms. The summed E-state index contributed by atoms with van der Waals surface area (Å²) in [5.74, 6) is -16.7. The molecule has 9 aromatic rings. The number of carboxylic acid groups (broad SMARTS) is 1. The van der Waals surface area contributed by atoms with Gasteiger partial charge in [-0.05, 0) is 155 Å². The number of nitrogens with one attached hydrogen (secondary N) is 7. The highest BCUT2D eigenvalue weighted by Gasteiger charge is 2.52. The normalized spacial score (nSPS) is 26.9. The van der Waals surface area contributed by atoms with E-state index >= 15 is 24.0 Å². The Bertz CT molecular complexity index is 5660. The molecule has 7 aliphatic rings. The van der Waals surface area contributed by atoms with E-state index in [0.29, 0.717) is 10.8 Å². The summed E-state index contributed by atoms with van der Waals surface area (Å²) in [6, 6.07) is 14.4. The van der Waals surface area contributed by atoms with Gasteiger partial charge in [-0.2, -0.15) is 8.42 Å². The van der Waals surface area contributed by atoms with E-state index in [0.717, 1.165) is 88.3 Å². The number of carbonyl (C=O) groups is 8. The van der Waals surface area contributed by atoms with Gasteiger partial charge >= 0.3 is 5.97 Å². The monoisotopic (exact) mass is 1710 g/mol. The lowest BCUT2D eigenvalue weighted by Crippen LogP contribution is -2.64. The minimum Gasteiger partial charge on any atom is -0.508 e. The molecule has 2 unspecified atom stereocenters. The number of aliphatic carboxylic acids is 1. The molecule has 9 aromatic carbocycles. The molecular weight excluding hydrogens is 1630 g/mol. The van der Waals surface area contributed by atoms with Crippen LogP contribution in [-0.2, 0) is 66.9 Å². The van der Waals surface area contributed by atoms with Crippen molar-refractivity contribution in [3.05, 3.63) is 171 Å². The van der Waals surface area contributed by atoms with E-state index in [4.69, 9.17) is 67.3 Å². The van der Waals surface area contributed by atoms with Gasteiger partial charge in [0, 0.05) is 34.7 Å². The Labute approximate surface area is 692 Å². The van der Waals surface area contributed by atoms with Gasteiger partial charge in [0.05, 0.1) is 46.2 Å². The maximum Gasteiger partial charge on any atom is 0.330 e. The summed E-state index contributed by atoms with van der Waals surface area (Å²) < 4.78 is 74.6.